The number of amides is 1. The van der Waals surface area contributed by atoms with Crippen LogP contribution in [0.1, 0.15) is 39.0 Å². The molecule has 4 bridgehead atoms. The Morgan fingerprint density at radius 1 is 1.11 bits per heavy atom. The molecule has 0 saturated heterocycles. The van der Waals surface area contributed by atoms with Crippen LogP contribution in [0.2, 0.25) is 0 Å². The van der Waals surface area contributed by atoms with E-state index in [2.05, 4.69) is 27.8 Å². The number of halogens is 1. The van der Waals surface area contributed by atoms with Gasteiger partial charge in [0.15, 0.2) is 0 Å². The topological polar surface area (TPSA) is 20.3 Å². The molecule has 0 aromatic heterocycles. The van der Waals surface area contributed by atoms with Crippen LogP contribution in [-0.4, -0.2) is 29.2 Å². The van der Waals surface area contributed by atoms with Gasteiger partial charge in [-0.25, -0.2) is 0 Å². The molecule has 18 heavy (non-hydrogen) atoms. The lowest BCUT2D eigenvalue weighted by Gasteiger charge is -2.54. The van der Waals surface area contributed by atoms with Gasteiger partial charge in [0.25, 0.3) is 0 Å². The van der Waals surface area contributed by atoms with Gasteiger partial charge in [-0.1, -0.05) is 15.9 Å². The third-order valence-electron chi connectivity index (χ3n) is 5.56. The molecular formula is C15H24BrNO. The number of hydrogen-bond donors (Lipinski definition) is 0. The third-order valence-corrected chi connectivity index (χ3v) is 5.91. The van der Waals surface area contributed by atoms with E-state index in [-0.39, 0.29) is 0 Å². The van der Waals surface area contributed by atoms with Crippen LogP contribution in [0.25, 0.3) is 0 Å². The zero-order chi connectivity index (χ0) is 12.7. The van der Waals surface area contributed by atoms with Crippen molar-refractivity contribution in [3.8, 4) is 0 Å². The number of carbonyl (C=O) groups excluding carboxylic acids is 1. The lowest BCUT2D eigenvalue weighted by Crippen LogP contribution is -2.52. The number of hydrogen-bond acceptors (Lipinski definition) is 1. The van der Waals surface area contributed by atoms with Gasteiger partial charge < -0.3 is 4.90 Å². The molecule has 4 rings (SSSR count). The van der Waals surface area contributed by atoms with Crippen molar-refractivity contribution in [3.63, 3.8) is 0 Å². The van der Waals surface area contributed by atoms with E-state index in [1.807, 2.05) is 0 Å². The summed E-state index contributed by atoms with van der Waals surface area (Å²) >= 11 is 3.47. The summed E-state index contributed by atoms with van der Waals surface area (Å²) in [5, 5.41) is 0.903. The zero-order valence-corrected chi connectivity index (χ0v) is 12.9. The largest absolute Gasteiger partial charge is 0.342 e. The van der Waals surface area contributed by atoms with Crippen molar-refractivity contribution in [2.45, 2.75) is 39.0 Å². The first-order valence-corrected chi connectivity index (χ1v) is 8.69. The second-order valence-electron chi connectivity index (χ2n) is 6.56. The van der Waals surface area contributed by atoms with Crippen LogP contribution in [-0.2, 0) is 4.79 Å². The number of rotatable bonds is 4. The summed E-state index contributed by atoms with van der Waals surface area (Å²) in [5.41, 5.74) is 0. The van der Waals surface area contributed by atoms with Crippen LogP contribution < -0.4 is 0 Å². The van der Waals surface area contributed by atoms with Crippen molar-refractivity contribution in [1.29, 1.82) is 0 Å². The van der Waals surface area contributed by atoms with Gasteiger partial charge in [-0.15, -0.1) is 0 Å². The van der Waals surface area contributed by atoms with E-state index in [1.54, 1.807) is 0 Å². The Kier molecular flexibility index (Phi) is 3.70. The SMILES string of the molecule is CCN(CCBr)C(=O)C1C2CC3CC(C2)CC1C3. The minimum absolute atomic E-state index is 0.372. The standard InChI is InChI=1S/C15H24BrNO/c1-2-17(4-3-16)15(18)14-12-6-10-5-11(8-12)9-13(14)7-10/h10-14H,2-9H2,1H3. The maximum absolute atomic E-state index is 12.8. The minimum atomic E-state index is 0.372. The normalized spacial score (nSPS) is 41.1. The maximum atomic E-state index is 12.8. The highest BCUT2D eigenvalue weighted by Crippen LogP contribution is 2.56. The van der Waals surface area contributed by atoms with Crippen molar-refractivity contribution in [2.24, 2.45) is 29.6 Å². The quantitative estimate of drug-likeness (QED) is 0.729. The molecule has 4 aliphatic carbocycles. The second kappa shape index (κ2) is 5.15. The predicted molar refractivity (Wildman–Crippen MR) is 76.6 cm³/mol. The first kappa shape index (κ1) is 13.0. The molecule has 0 spiro atoms. The van der Waals surface area contributed by atoms with Crippen molar-refractivity contribution < 1.29 is 4.79 Å². The van der Waals surface area contributed by atoms with Gasteiger partial charge in [-0.05, 0) is 62.7 Å². The van der Waals surface area contributed by atoms with Gasteiger partial charge >= 0.3 is 0 Å². The molecule has 4 saturated carbocycles. The monoisotopic (exact) mass is 313 g/mol. The number of nitrogens with zero attached hydrogens (tertiary/aromatic N) is 1. The Morgan fingerprint density at radius 2 is 1.67 bits per heavy atom. The van der Waals surface area contributed by atoms with Gasteiger partial charge in [0, 0.05) is 24.3 Å². The lowest BCUT2D eigenvalue weighted by molar-refractivity contribution is -0.148. The first-order valence-electron chi connectivity index (χ1n) is 7.57. The van der Waals surface area contributed by atoms with Crippen molar-refractivity contribution >= 4 is 21.8 Å². The molecule has 4 aliphatic rings. The molecule has 0 aromatic carbocycles. The summed E-state index contributed by atoms with van der Waals surface area (Å²) in [6.45, 7) is 3.85. The maximum Gasteiger partial charge on any atom is 0.226 e. The Labute approximate surface area is 119 Å². The highest BCUT2D eigenvalue weighted by molar-refractivity contribution is 9.09. The molecular weight excluding hydrogens is 290 g/mol. The van der Waals surface area contributed by atoms with Gasteiger partial charge in [0.05, 0.1) is 0 Å². The molecule has 0 aromatic rings. The molecule has 102 valence electrons. The molecule has 0 heterocycles. The summed E-state index contributed by atoms with van der Waals surface area (Å²) in [6, 6.07) is 0. The molecule has 0 N–H and O–H groups in total. The zero-order valence-electron chi connectivity index (χ0n) is 11.3. The van der Waals surface area contributed by atoms with E-state index in [9.17, 15) is 4.79 Å². The molecule has 3 heteroatoms. The van der Waals surface area contributed by atoms with E-state index in [4.69, 9.17) is 0 Å². The van der Waals surface area contributed by atoms with E-state index in [0.717, 1.165) is 42.1 Å². The van der Waals surface area contributed by atoms with Gasteiger partial charge in [0.2, 0.25) is 5.91 Å². The fourth-order valence-electron chi connectivity index (χ4n) is 5.07. The van der Waals surface area contributed by atoms with Crippen LogP contribution in [0.15, 0.2) is 0 Å². The number of alkyl halides is 1. The summed E-state index contributed by atoms with van der Waals surface area (Å²) in [5.74, 6) is 4.20. The smallest absolute Gasteiger partial charge is 0.226 e. The Morgan fingerprint density at radius 3 is 2.11 bits per heavy atom. The van der Waals surface area contributed by atoms with E-state index >= 15 is 0 Å². The summed E-state index contributed by atoms with van der Waals surface area (Å²) in [6.07, 6.45) is 6.84. The van der Waals surface area contributed by atoms with Crippen LogP contribution in [0.3, 0.4) is 0 Å². The van der Waals surface area contributed by atoms with Crippen molar-refractivity contribution in [2.75, 3.05) is 18.4 Å². The van der Waals surface area contributed by atoms with Gasteiger partial charge in [-0.3, -0.25) is 4.79 Å². The highest BCUT2D eigenvalue weighted by Gasteiger charge is 2.51. The summed E-state index contributed by atoms with van der Waals surface area (Å²) in [4.78, 5) is 14.8. The molecule has 4 fully saturated rings. The van der Waals surface area contributed by atoms with Crippen LogP contribution in [0, 0.1) is 29.6 Å². The first-order chi connectivity index (χ1) is 8.72. The van der Waals surface area contributed by atoms with E-state index in [0.29, 0.717) is 11.8 Å². The average molecular weight is 314 g/mol. The van der Waals surface area contributed by atoms with Gasteiger partial charge in [-0.2, -0.15) is 0 Å². The highest BCUT2D eigenvalue weighted by atomic mass is 79.9. The fourth-order valence-corrected chi connectivity index (χ4v) is 5.49. The Bertz CT molecular complexity index is 302. The molecule has 0 unspecified atom stereocenters. The van der Waals surface area contributed by atoms with Crippen LogP contribution in [0.5, 0.6) is 0 Å². The summed E-state index contributed by atoms with van der Waals surface area (Å²) < 4.78 is 0. The van der Waals surface area contributed by atoms with Gasteiger partial charge in [0.1, 0.15) is 0 Å². The second-order valence-corrected chi connectivity index (χ2v) is 7.36. The number of carbonyl (C=O) groups is 1. The van der Waals surface area contributed by atoms with Crippen molar-refractivity contribution in [1.82, 2.24) is 4.90 Å². The lowest BCUT2D eigenvalue weighted by atomic mass is 9.51. The Balaban J connectivity index is 1.74. The van der Waals surface area contributed by atoms with E-state index < -0.39 is 0 Å². The minimum Gasteiger partial charge on any atom is -0.342 e. The molecule has 0 atom stereocenters. The van der Waals surface area contributed by atoms with E-state index in [1.165, 1.54) is 32.1 Å². The average Bonchev–Trinajstić information content (AvgIpc) is 2.34. The summed E-state index contributed by atoms with van der Waals surface area (Å²) in [7, 11) is 0. The molecule has 0 aliphatic heterocycles. The molecule has 2 nitrogen and oxygen atoms in total. The third kappa shape index (κ3) is 2.13. The van der Waals surface area contributed by atoms with Crippen molar-refractivity contribution in [3.05, 3.63) is 0 Å². The Hall–Kier alpha value is -0.0500. The van der Waals surface area contributed by atoms with Crippen LogP contribution >= 0.6 is 15.9 Å². The van der Waals surface area contributed by atoms with Crippen LogP contribution in [0.4, 0.5) is 0 Å². The fraction of sp³-hybridized carbons (Fsp3) is 0.933. The molecule has 0 radical (unpaired) electrons. The predicted octanol–water partition coefficient (Wildman–Crippen LogP) is 3.30. The molecule has 1 amide bonds.